The third kappa shape index (κ3) is 21.3. The molecular weight excluding hydrogens is 1570 g/mol. The number of nitrogens with one attached hydrogen (secondary N) is 5. The van der Waals surface area contributed by atoms with Crippen LogP contribution in [0.3, 0.4) is 0 Å². The number of carbonyl (C=O) groups excluding carboxylic acids is 5. The summed E-state index contributed by atoms with van der Waals surface area (Å²) in [6.07, 6.45) is -78.9. The quantitative estimate of drug-likeness (QED) is 0.0318. The molecule has 9 aliphatic heterocycles. The minimum absolute atomic E-state index is 0.869. The summed E-state index contributed by atoms with van der Waals surface area (Å²) in [5.41, 5.74) is 0. The van der Waals surface area contributed by atoms with Gasteiger partial charge in [0.25, 0.3) is 0 Å². The second-order valence-corrected chi connectivity index (χ2v) is 28.9. The number of aliphatic hydroxyl groups excluding tert-OH is 24. The molecule has 9 saturated heterocycles. The lowest BCUT2D eigenvalue weighted by Gasteiger charge is -2.51. The Morgan fingerprint density at radius 1 is 0.226 bits per heavy atom. The molecule has 45 atom stereocenters. The molecule has 0 aromatic rings. The highest BCUT2D eigenvalue weighted by Gasteiger charge is 2.61. The van der Waals surface area contributed by atoms with Crippen LogP contribution in [0.2, 0.25) is 0 Å². The number of amides is 5. The number of rotatable bonds is 30. The van der Waals surface area contributed by atoms with Gasteiger partial charge in [-0.05, 0) is 0 Å². The summed E-state index contributed by atoms with van der Waals surface area (Å²) >= 11 is 0. The topological polar surface area (TPSA) is 788 Å². The molecule has 51 heteroatoms. The molecular formula is C64H107N5O46. The van der Waals surface area contributed by atoms with Crippen LogP contribution in [0.5, 0.6) is 0 Å². The molecule has 0 radical (unpaired) electrons. The second-order valence-electron chi connectivity index (χ2n) is 28.9. The maximum absolute atomic E-state index is 13.0. The van der Waals surface area contributed by atoms with Gasteiger partial charge in [0.2, 0.25) is 29.5 Å². The van der Waals surface area contributed by atoms with E-state index in [0.717, 1.165) is 34.6 Å². The molecule has 45 unspecified atom stereocenters. The van der Waals surface area contributed by atoms with Crippen molar-refractivity contribution < 1.29 is 227 Å². The fourth-order valence-corrected chi connectivity index (χ4v) is 14.9. The van der Waals surface area contributed by atoms with Crippen molar-refractivity contribution in [2.75, 3.05) is 59.5 Å². The molecule has 5 amide bonds. The van der Waals surface area contributed by atoms with Crippen molar-refractivity contribution in [3.8, 4) is 0 Å². The molecule has 9 fully saturated rings. The zero-order valence-corrected chi connectivity index (χ0v) is 62.1. The van der Waals surface area contributed by atoms with Crippen LogP contribution in [0.4, 0.5) is 0 Å². The lowest BCUT2D eigenvalue weighted by Crippen LogP contribution is -2.71. The van der Waals surface area contributed by atoms with Crippen molar-refractivity contribution in [1.82, 2.24) is 26.6 Å². The average Bonchev–Trinajstić information content (AvgIpc) is 0.764. The highest BCUT2D eigenvalue weighted by molar-refractivity contribution is 5.75. The molecule has 9 rings (SSSR count). The Morgan fingerprint density at radius 2 is 0.452 bits per heavy atom. The number of aliphatic hydroxyl groups is 24. The monoisotopic (exact) mass is 1680 g/mol. The summed E-state index contributed by atoms with van der Waals surface area (Å²) in [5, 5.41) is 276. The number of hydrogen-bond acceptors (Lipinski definition) is 46. The Balaban J connectivity index is 0.889. The van der Waals surface area contributed by atoms with Crippen molar-refractivity contribution in [1.29, 1.82) is 0 Å². The number of ether oxygens (including phenoxy) is 17. The van der Waals surface area contributed by atoms with Gasteiger partial charge in [-0.15, -0.1) is 0 Å². The van der Waals surface area contributed by atoms with E-state index >= 15 is 0 Å². The summed E-state index contributed by atoms with van der Waals surface area (Å²) in [6.45, 7) is -4.44. The highest BCUT2D eigenvalue weighted by atomic mass is 16.8. The van der Waals surface area contributed by atoms with Crippen LogP contribution >= 0.6 is 0 Å². The predicted molar refractivity (Wildman–Crippen MR) is 355 cm³/mol. The largest absolute Gasteiger partial charge is 0.394 e. The maximum Gasteiger partial charge on any atom is 0.217 e. The van der Waals surface area contributed by atoms with E-state index in [2.05, 4.69) is 26.6 Å². The van der Waals surface area contributed by atoms with Crippen LogP contribution in [-0.2, 0) is 104 Å². The lowest BCUT2D eigenvalue weighted by molar-refractivity contribution is -0.381. The SMILES string of the molecule is CC(=O)NC1C(OC2C(O)C(CO)OC(OC3C(CO)OC(OCC4OC(O)C(NC(C)=O)C(OC5OC(CO)C(OC6OC(CO)C(O)C(OC7OC(CO)C(OC8OC(CO)C(O)C(O)C8O)C(O)C7NC(C)=O)C6O)C(O)C5NC(C)=O)C4O)C(NC(C)=O)C3O)C2O)OC(CO)C(OC2OC(CO)C(O)C(O)C2O)C1O. The Labute approximate surface area is 651 Å². The Hall–Kier alpha value is -4.29. The van der Waals surface area contributed by atoms with Gasteiger partial charge in [0.05, 0.1) is 59.5 Å². The van der Waals surface area contributed by atoms with E-state index in [9.17, 15) is 147 Å². The van der Waals surface area contributed by atoms with E-state index in [1.807, 2.05) is 0 Å². The zero-order valence-electron chi connectivity index (χ0n) is 62.1. The predicted octanol–water partition coefficient (Wildman–Crippen LogP) is -19.9. The number of carbonyl (C=O) groups is 5. The summed E-state index contributed by atoms with van der Waals surface area (Å²) in [5.74, 6) is -4.47. The van der Waals surface area contributed by atoms with Crippen molar-refractivity contribution in [2.45, 2.75) is 311 Å². The van der Waals surface area contributed by atoms with E-state index in [1.54, 1.807) is 0 Å². The van der Waals surface area contributed by atoms with Gasteiger partial charge in [-0.2, -0.15) is 0 Å². The summed E-state index contributed by atoms with van der Waals surface area (Å²) in [7, 11) is 0. The molecule has 9 heterocycles. The minimum atomic E-state index is -2.31. The van der Waals surface area contributed by atoms with Crippen molar-refractivity contribution in [3.05, 3.63) is 0 Å². The van der Waals surface area contributed by atoms with Crippen LogP contribution in [-0.4, -0.2) is 488 Å². The Kier molecular flexibility index (Phi) is 34.1. The Bertz CT molecular complexity index is 3100. The van der Waals surface area contributed by atoms with E-state index in [4.69, 9.17) is 80.5 Å². The van der Waals surface area contributed by atoms with Crippen LogP contribution in [0.1, 0.15) is 34.6 Å². The fraction of sp³-hybridized carbons (Fsp3) is 0.922. The summed E-state index contributed by atoms with van der Waals surface area (Å²) in [4.78, 5) is 64.0. The van der Waals surface area contributed by atoms with Gasteiger partial charge in [-0.25, -0.2) is 0 Å². The molecule has 0 aliphatic carbocycles. The van der Waals surface area contributed by atoms with Crippen molar-refractivity contribution in [2.24, 2.45) is 0 Å². The van der Waals surface area contributed by atoms with E-state index < -0.39 is 365 Å². The summed E-state index contributed by atoms with van der Waals surface area (Å²) in [6, 6.07) is -9.17. The molecule has 0 saturated carbocycles. The molecule has 0 aromatic carbocycles. The van der Waals surface area contributed by atoms with E-state index in [0.29, 0.717) is 0 Å². The van der Waals surface area contributed by atoms with Gasteiger partial charge < -0.3 is 230 Å². The molecule has 0 spiro atoms. The molecule has 29 N–H and O–H groups in total. The number of hydrogen-bond donors (Lipinski definition) is 29. The van der Waals surface area contributed by atoms with Crippen molar-refractivity contribution in [3.63, 3.8) is 0 Å². The van der Waals surface area contributed by atoms with Crippen LogP contribution < -0.4 is 26.6 Å². The third-order valence-electron chi connectivity index (χ3n) is 20.8. The van der Waals surface area contributed by atoms with Crippen LogP contribution in [0.15, 0.2) is 0 Å². The first-order valence-corrected chi connectivity index (χ1v) is 36.6. The highest BCUT2D eigenvalue weighted by Crippen LogP contribution is 2.40. The molecule has 0 aromatic heterocycles. The first-order valence-electron chi connectivity index (χ1n) is 36.6. The van der Waals surface area contributed by atoms with Crippen molar-refractivity contribution >= 4 is 29.5 Å². The standard InChI is InChI=1S/C64H107N5O46/c1-15(78)65-29-39(88)49(111-63-47(96)54(36(85)22(8-72)103-63)114-59-31(67-17(3)80)41(90)50(25(11-75)107-59)109-61-45(94)43(92)34(83)20(6-70)101-61)24(10-74)105-57(29)99-14-28-38(87)53(33(56(98)100-28)69-19(5)82)113-58-30(66-16(2)79)40(89)52(27(13-77)106-58)112-64-48(97)55(37(86)23(9-73)104-64)115-60-32(68-18(4)81)42(91)51(26(12-76)108-60)110-62-46(95)44(93)35(84)21(7-71)102-62/h20-64,70-77,83-98H,6-14H2,1-5H3,(H,65,78)(H,66,79)(H,67,80)(H,68,81)(H,69,82). The van der Waals surface area contributed by atoms with Gasteiger partial charge in [0.15, 0.2) is 56.6 Å². The molecule has 51 nitrogen and oxygen atoms in total. The summed E-state index contributed by atoms with van der Waals surface area (Å²) < 4.78 is 99.5. The molecule has 0 bridgehead atoms. The first-order chi connectivity index (χ1) is 54.4. The lowest BCUT2D eigenvalue weighted by atomic mass is 9.93. The van der Waals surface area contributed by atoms with Gasteiger partial charge in [-0.1, -0.05) is 0 Å². The van der Waals surface area contributed by atoms with Gasteiger partial charge in [0.1, 0.15) is 219 Å². The van der Waals surface area contributed by atoms with Crippen LogP contribution in [0, 0.1) is 0 Å². The zero-order chi connectivity index (χ0) is 84.8. The fourth-order valence-electron chi connectivity index (χ4n) is 14.9. The molecule has 9 aliphatic rings. The average molecular weight is 1680 g/mol. The molecule has 115 heavy (non-hydrogen) atoms. The van der Waals surface area contributed by atoms with E-state index in [1.165, 1.54) is 0 Å². The van der Waals surface area contributed by atoms with Gasteiger partial charge in [0, 0.05) is 34.6 Å². The first kappa shape index (κ1) is 94.6. The smallest absolute Gasteiger partial charge is 0.217 e. The minimum Gasteiger partial charge on any atom is -0.394 e. The van der Waals surface area contributed by atoms with Gasteiger partial charge >= 0.3 is 0 Å². The van der Waals surface area contributed by atoms with Gasteiger partial charge in [-0.3, -0.25) is 24.0 Å². The van der Waals surface area contributed by atoms with E-state index in [-0.39, 0.29) is 0 Å². The molecule has 664 valence electrons. The normalized spacial score (nSPS) is 47.9. The Morgan fingerprint density at radius 3 is 0.739 bits per heavy atom. The van der Waals surface area contributed by atoms with Crippen LogP contribution in [0.25, 0.3) is 0 Å². The second kappa shape index (κ2) is 41.5. The maximum atomic E-state index is 13.0. The third-order valence-corrected chi connectivity index (χ3v) is 20.8.